The van der Waals surface area contributed by atoms with Crippen molar-refractivity contribution in [3.8, 4) is 5.75 Å². The second-order valence-electron chi connectivity index (χ2n) is 7.91. The van der Waals surface area contributed by atoms with Gasteiger partial charge in [0.2, 0.25) is 11.8 Å². The van der Waals surface area contributed by atoms with Gasteiger partial charge in [-0.1, -0.05) is 6.07 Å². The first-order chi connectivity index (χ1) is 14.2. The highest BCUT2D eigenvalue weighted by atomic mass is 16.5. The number of amides is 2. The van der Waals surface area contributed by atoms with Crippen LogP contribution in [0.2, 0.25) is 0 Å². The van der Waals surface area contributed by atoms with Crippen molar-refractivity contribution in [3.63, 3.8) is 0 Å². The van der Waals surface area contributed by atoms with E-state index < -0.39 is 0 Å². The maximum absolute atomic E-state index is 12.4. The predicted octanol–water partition coefficient (Wildman–Crippen LogP) is 3.58. The van der Waals surface area contributed by atoms with E-state index in [0.29, 0.717) is 19.4 Å². The third-order valence-corrected chi connectivity index (χ3v) is 6.04. The molecular formula is C23H24N2O4. The van der Waals surface area contributed by atoms with Crippen LogP contribution in [0, 0.1) is 0 Å². The molecule has 1 aromatic heterocycles. The topological polar surface area (TPSA) is 71.8 Å². The van der Waals surface area contributed by atoms with Crippen LogP contribution in [0.4, 0.5) is 0 Å². The van der Waals surface area contributed by atoms with Crippen molar-refractivity contribution in [2.75, 3.05) is 26.2 Å². The normalized spacial score (nSPS) is 20.5. The Hall–Kier alpha value is -2.86. The Balaban J connectivity index is 1.42. The van der Waals surface area contributed by atoms with Crippen LogP contribution in [0.15, 0.2) is 41.0 Å². The van der Waals surface area contributed by atoms with E-state index in [1.54, 1.807) is 6.26 Å². The zero-order valence-electron chi connectivity index (χ0n) is 16.3. The van der Waals surface area contributed by atoms with Gasteiger partial charge in [0.15, 0.2) is 0 Å². The van der Waals surface area contributed by atoms with Gasteiger partial charge in [-0.3, -0.25) is 19.8 Å². The highest BCUT2D eigenvalue weighted by Crippen LogP contribution is 2.37. The summed E-state index contributed by atoms with van der Waals surface area (Å²) < 4.78 is 11.7. The fraction of sp³-hybridized carbons (Fsp3) is 0.391. The smallest absolute Gasteiger partial charge is 0.234 e. The second-order valence-corrected chi connectivity index (χ2v) is 7.91. The molecule has 2 amide bonds. The summed E-state index contributed by atoms with van der Waals surface area (Å²) in [5, 5.41) is 5.46. The quantitative estimate of drug-likeness (QED) is 0.672. The van der Waals surface area contributed by atoms with Gasteiger partial charge >= 0.3 is 0 Å². The molecule has 0 bridgehead atoms. The fourth-order valence-corrected chi connectivity index (χ4v) is 4.51. The SMILES string of the molecule is O=C1CC[C@@H](c2coc3ccc4cc(OCCN5CCCC5)ccc4c23)C(=O)N1. The predicted molar refractivity (Wildman–Crippen MR) is 110 cm³/mol. The summed E-state index contributed by atoms with van der Waals surface area (Å²) in [5.74, 6) is 0.0282. The van der Waals surface area contributed by atoms with Gasteiger partial charge in [-0.2, -0.15) is 0 Å². The monoisotopic (exact) mass is 392 g/mol. The van der Waals surface area contributed by atoms with Crippen molar-refractivity contribution in [3.05, 3.63) is 42.2 Å². The minimum Gasteiger partial charge on any atom is -0.492 e. The van der Waals surface area contributed by atoms with E-state index in [1.807, 2.05) is 30.3 Å². The van der Waals surface area contributed by atoms with Crippen molar-refractivity contribution in [2.45, 2.75) is 31.6 Å². The zero-order chi connectivity index (χ0) is 19.8. The highest BCUT2D eigenvalue weighted by molar-refractivity contribution is 6.10. The minimum absolute atomic E-state index is 0.209. The molecule has 0 saturated carbocycles. The number of hydrogen-bond acceptors (Lipinski definition) is 5. The van der Waals surface area contributed by atoms with Crippen molar-refractivity contribution >= 4 is 33.6 Å². The molecule has 6 nitrogen and oxygen atoms in total. The minimum atomic E-state index is -0.365. The van der Waals surface area contributed by atoms with Gasteiger partial charge in [0, 0.05) is 23.9 Å². The van der Waals surface area contributed by atoms with Crippen LogP contribution in [0.5, 0.6) is 5.75 Å². The number of benzene rings is 2. The first-order valence-electron chi connectivity index (χ1n) is 10.3. The molecule has 1 atom stereocenters. The highest BCUT2D eigenvalue weighted by Gasteiger charge is 2.31. The largest absolute Gasteiger partial charge is 0.492 e. The van der Waals surface area contributed by atoms with E-state index in [0.717, 1.165) is 39.6 Å². The molecule has 0 spiro atoms. The number of nitrogens with zero attached hydrogens (tertiary/aromatic N) is 1. The van der Waals surface area contributed by atoms with Crippen molar-refractivity contribution in [1.29, 1.82) is 0 Å². The summed E-state index contributed by atoms with van der Waals surface area (Å²) in [5.41, 5.74) is 1.60. The van der Waals surface area contributed by atoms with E-state index >= 15 is 0 Å². The lowest BCUT2D eigenvalue weighted by molar-refractivity contribution is -0.134. The van der Waals surface area contributed by atoms with Crippen molar-refractivity contribution in [2.24, 2.45) is 0 Å². The molecule has 2 aliphatic heterocycles. The molecule has 3 aromatic rings. The number of ether oxygens (including phenoxy) is 1. The molecule has 2 saturated heterocycles. The van der Waals surface area contributed by atoms with Gasteiger partial charge in [-0.05, 0) is 67.4 Å². The second kappa shape index (κ2) is 7.52. The molecule has 6 heteroatoms. The van der Waals surface area contributed by atoms with Crippen molar-refractivity contribution in [1.82, 2.24) is 10.2 Å². The molecule has 2 aromatic carbocycles. The van der Waals surface area contributed by atoms with E-state index in [1.165, 1.54) is 25.9 Å². The van der Waals surface area contributed by atoms with E-state index in [-0.39, 0.29) is 17.7 Å². The zero-order valence-corrected chi connectivity index (χ0v) is 16.3. The summed E-state index contributed by atoms with van der Waals surface area (Å²) in [6, 6.07) is 10.0. The average molecular weight is 392 g/mol. The number of likely N-dealkylation sites (tertiary alicyclic amines) is 1. The summed E-state index contributed by atoms with van der Waals surface area (Å²) in [6.07, 6.45) is 5.08. The van der Waals surface area contributed by atoms with E-state index in [9.17, 15) is 9.59 Å². The standard InChI is InChI=1S/C23H24N2O4/c26-21-8-6-18(23(27)24-21)19-14-29-20-7-3-15-13-16(4-5-17(15)22(19)20)28-12-11-25-9-1-2-10-25/h3-5,7,13-14,18H,1-2,6,8-12H2,(H,24,26,27)/t18-/m0/s1. The number of hydrogen-bond donors (Lipinski definition) is 1. The van der Waals surface area contributed by atoms with Crippen LogP contribution in [0.1, 0.15) is 37.2 Å². The summed E-state index contributed by atoms with van der Waals surface area (Å²) >= 11 is 0. The Morgan fingerprint density at radius 2 is 2.00 bits per heavy atom. The Labute approximate surface area is 168 Å². The van der Waals surface area contributed by atoms with Crippen LogP contribution in [-0.4, -0.2) is 43.0 Å². The molecule has 3 heterocycles. The number of imide groups is 1. The van der Waals surface area contributed by atoms with Gasteiger partial charge in [0.1, 0.15) is 17.9 Å². The number of piperidine rings is 1. The first-order valence-corrected chi connectivity index (χ1v) is 10.3. The number of fused-ring (bicyclic) bond motifs is 3. The van der Waals surface area contributed by atoms with Crippen LogP contribution < -0.4 is 10.1 Å². The Kier molecular flexibility index (Phi) is 4.72. The third-order valence-electron chi connectivity index (χ3n) is 6.04. The molecule has 0 aliphatic carbocycles. The van der Waals surface area contributed by atoms with Crippen LogP contribution in [0.3, 0.4) is 0 Å². The molecular weight excluding hydrogens is 368 g/mol. The van der Waals surface area contributed by atoms with Crippen LogP contribution in [0.25, 0.3) is 21.7 Å². The Morgan fingerprint density at radius 1 is 1.14 bits per heavy atom. The third kappa shape index (κ3) is 3.49. The average Bonchev–Trinajstić information content (AvgIpc) is 3.38. The number of rotatable bonds is 5. The first kappa shape index (κ1) is 18.2. The molecule has 0 radical (unpaired) electrons. The number of nitrogens with one attached hydrogen (secondary N) is 1. The Morgan fingerprint density at radius 3 is 2.83 bits per heavy atom. The van der Waals surface area contributed by atoms with Crippen LogP contribution >= 0.6 is 0 Å². The summed E-state index contributed by atoms with van der Waals surface area (Å²) in [7, 11) is 0. The number of carbonyl (C=O) groups excluding carboxylic acids is 2. The van der Waals surface area contributed by atoms with Crippen LogP contribution in [-0.2, 0) is 9.59 Å². The van der Waals surface area contributed by atoms with Gasteiger partial charge in [0.25, 0.3) is 0 Å². The molecule has 2 fully saturated rings. The fourth-order valence-electron chi connectivity index (χ4n) is 4.51. The number of furan rings is 1. The molecule has 0 unspecified atom stereocenters. The number of carbonyl (C=O) groups is 2. The molecule has 29 heavy (non-hydrogen) atoms. The lowest BCUT2D eigenvalue weighted by Gasteiger charge is -2.20. The Bertz CT molecular complexity index is 1080. The molecule has 2 aliphatic rings. The van der Waals surface area contributed by atoms with Gasteiger partial charge in [0.05, 0.1) is 12.2 Å². The van der Waals surface area contributed by atoms with E-state index in [2.05, 4.69) is 10.2 Å². The lowest BCUT2D eigenvalue weighted by Crippen LogP contribution is -2.39. The van der Waals surface area contributed by atoms with Gasteiger partial charge in [-0.15, -0.1) is 0 Å². The van der Waals surface area contributed by atoms with Gasteiger partial charge < -0.3 is 9.15 Å². The molecule has 1 N–H and O–H groups in total. The molecule has 5 rings (SSSR count). The lowest BCUT2D eigenvalue weighted by atomic mass is 9.89. The maximum atomic E-state index is 12.4. The van der Waals surface area contributed by atoms with Crippen molar-refractivity contribution < 1.29 is 18.7 Å². The van der Waals surface area contributed by atoms with E-state index in [4.69, 9.17) is 9.15 Å². The maximum Gasteiger partial charge on any atom is 0.234 e. The summed E-state index contributed by atoms with van der Waals surface area (Å²) in [4.78, 5) is 26.3. The summed E-state index contributed by atoms with van der Waals surface area (Å²) in [6.45, 7) is 3.98. The van der Waals surface area contributed by atoms with Gasteiger partial charge in [-0.25, -0.2) is 0 Å². The molecule has 150 valence electrons.